The summed E-state index contributed by atoms with van der Waals surface area (Å²) in [5.41, 5.74) is 8.09. The van der Waals surface area contributed by atoms with Crippen LogP contribution in [0.3, 0.4) is 0 Å². The van der Waals surface area contributed by atoms with Crippen LogP contribution in [-0.4, -0.2) is 46.3 Å². The minimum absolute atomic E-state index is 0.106. The smallest absolute Gasteiger partial charge is 0.321 e. The number of nitrogens with two attached hydrogens (primary N) is 1. The number of fused-ring (bicyclic) bond motifs is 1. The number of hydrogen-bond acceptors (Lipinski definition) is 9. The minimum Gasteiger partial charge on any atom is -0.488 e. The van der Waals surface area contributed by atoms with Gasteiger partial charge in [0.05, 0.1) is 25.8 Å². The van der Waals surface area contributed by atoms with Crippen molar-refractivity contribution in [2.45, 2.75) is 37.8 Å². The van der Waals surface area contributed by atoms with Gasteiger partial charge in [-0.3, -0.25) is 4.98 Å². The Labute approximate surface area is 168 Å². The van der Waals surface area contributed by atoms with Crippen molar-refractivity contribution in [1.82, 2.24) is 19.9 Å². The van der Waals surface area contributed by atoms with Gasteiger partial charge in [-0.1, -0.05) is 0 Å². The summed E-state index contributed by atoms with van der Waals surface area (Å²) >= 11 is 0. The molecule has 0 saturated heterocycles. The highest BCUT2D eigenvalue weighted by Crippen LogP contribution is 2.31. The van der Waals surface area contributed by atoms with Crippen molar-refractivity contribution in [3.05, 3.63) is 30.6 Å². The van der Waals surface area contributed by atoms with Crippen molar-refractivity contribution in [3.63, 3.8) is 0 Å². The Bertz CT molecular complexity index is 969. The summed E-state index contributed by atoms with van der Waals surface area (Å²) in [6.45, 7) is 0. The van der Waals surface area contributed by atoms with E-state index >= 15 is 0 Å². The van der Waals surface area contributed by atoms with E-state index in [4.69, 9.17) is 19.9 Å². The molecule has 1 saturated carbocycles. The van der Waals surface area contributed by atoms with Gasteiger partial charge < -0.3 is 25.3 Å². The van der Waals surface area contributed by atoms with Crippen molar-refractivity contribution >= 4 is 22.5 Å². The topological polar surface area (TPSA) is 117 Å². The number of methoxy groups -OCH3 is 2. The lowest BCUT2D eigenvalue weighted by molar-refractivity contribution is 0.152. The monoisotopic (exact) mass is 396 g/mol. The van der Waals surface area contributed by atoms with E-state index in [1.54, 1.807) is 31.6 Å². The first kappa shape index (κ1) is 19.0. The van der Waals surface area contributed by atoms with Crippen LogP contribution in [0.15, 0.2) is 30.6 Å². The van der Waals surface area contributed by atoms with Crippen molar-refractivity contribution in [2.24, 2.45) is 0 Å². The molecule has 9 nitrogen and oxygen atoms in total. The lowest BCUT2D eigenvalue weighted by atomic mass is 9.93. The summed E-state index contributed by atoms with van der Waals surface area (Å²) in [5.74, 6) is 1.84. The van der Waals surface area contributed by atoms with Crippen molar-refractivity contribution in [3.8, 4) is 17.6 Å². The van der Waals surface area contributed by atoms with Gasteiger partial charge in [0.25, 0.3) is 0 Å². The Morgan fingerprint density at radius 3 is 2.52 bits per heavy atom. The minimum atomic E-state index is 0.106. The Kier molecular flexibility index (Phi) is 5.46. The fourth-order valence-corrected chi connectivity index (χ4v) is 3.54. The normalized spacial score (nSPS) is 19.0. The summed E-state index contributed by atoms with van der Waals surface area (Å²) in [6.07, 6.45) is 7.14. The van der Waals surface area contributed by atoms with Gasteiger partial charge in [0.15, 0.2) is 0 Å². The maximum Gasteiger partial charge on any atom is 0.321 e. The third-order valence-electron chi connectivity index (χ3n) is 4.95. The van der Waals surface area contributed by atoms with Crippen LogP contribution in [0.25, 0.3) is 11.0 Å². The molecule has 152 valence electrons. The van der Waals surface area contributed by atoms with Crippen molar-refractivity contribution in [1.29, 1.82) is 0 Å². The zero-order chi connectivity index (χ0) is 20.2. The molecule has 1 aromatic carbocycles. The van der Waals surface area contributed by atoms with E-state index in [1.807, 2.05) is 6.07 Å². The van der Waals surface area contributed by atoms with Gasteiger partial charge in [0.2, 0.25) is 5.88 Å². The largest absolute Gasteiger partial charge is 0.488 e. The standard InChI is InChI=1S/C20H24N6O3/c1-27-18-11-17(25-20(26-18)28-2)24-13-3-5-14(6-4-13)29-16-10-12(21)9-15-19(16)23-8-7-22-15/h7-11,13-14H,3-6,21H2,1-2H3,(H,24,25,26). The van der Waals surface area contributed by atoms with E-state index in [0.29, 0.717) is 23.1 Å². The maximum atomic E-state index is 6.25. The molecule has 4 rings (SSSR count). The Hall–Kier alpha value is -3.36. The highest BCUT2D eigenvalue weighted by molar-refractivity contribution is 5.84. The molecule has 0 atom stereocenters. The predicted molar refractivity (Wildman–Crippen MR) is 109 cm³/mol. The number of anilines is 2. The summed E-state index contributed by atoms with van der Waals surface area (Å²) in [5, 5.41) is 3.44. The zero-order valence-corrected chi connectivity index (χ0v) is 16.5. The second-order valence-corrected chi connectivity index (χ2v) is 6.96. The van der Waals surface area contributed by atoms with Crippen LogP contribution >= 0.6 is 0 Å². The summed E-state index contributed by atoms with van der Waals surface area (Å²) in [7, 11) is 3.10. The van der Waals surface area contributed by atoms with Gasteiger partial charge >= 0.3 is 6.01 Å². The van der Waals surface area contributed by atoms with Crippen LogP contribution in [0.5, 0.6) is 17.6 Å². The van der Waals surface area contributed by atoms with Gasteiger partial charge in [-0.2, -0.15) is 9.97 Å². The van der Waals surface area contributed by atoms with Gasteiger partial charge in [0.1, 0.15) is 17.1 Å². The van der Waals surface area contributed by atoms with E-state index < -0.39 is 0 Å². The molecule has 9 heteroatoms. The lowest BCUT2D eigenvalue weighted by Crippen LogP contribution is -2.31. The molecule has 3 aromatic rings. The molecular formula is C20H24N6O3. The number of ether oxygens (including phenoxy) is 3. The molecule has 0 aliphatic heterocycles. The summed E-state index contributed by atoms with van der Waals surface area (Å²) in [4.78, 5) is 17.2. The van der Waals surface area contributed by atoms with Crippen LogP contribution < -0.4 is 25.3 Å². The highest BCUT2D eigenvalue weighted by Gasteiger charge is 2.24. The number of hydrogen-bond donors (Lipinski definition) is 2. The number of benzene rings is 1. The molecule has 29 heavy (non-hydrogen) atoms. The predicted octanol–water partition coefficient (Wildman–Crippen LogP) is 2.82. The van der Waals surface area contributed by atoms with Gasteiger partial charge in [-0.05, 0) is 31.7 Å². The van der Waals surface area contributed by atoms with Crippen LogP contribution in [0.2, 0.25) is 0 Å². The number of aromatic nitrogens is 4. The van der Waals surface area contributed by atoms with Crippen LogP contribution in [0, 0.1) is 0 Å². The molecule has 0 bridgehead atoms. The summed E-state index contributed by atoms with van der Waals surface area (Å²) in [6, 6.07) is 5.96. The second-order valence-electron chi connectivity index (χ2n) is 6.96. The summed E-state index contributed by atoms with van der Waals surface area (Å²) < 4.78 is 16.6. The SMILES string of the molecule is COc1cc(NC2CCC(Oc3cc(N)cc4nccnc34)CC2)nc(OC)n1. The first-order valence-corrected chi connectivity index (χ1v) is 9.55. The van der Waals surface area contributed by atoms with Gasteiger partial charge in [-0.15, -0.1) is 0 Å². The molecule has 0 amide bonds. The maximum absolute atomic E-state index is 6.25. The first-order chi connectivity index (χ1) is 14.1. The van der Waals surface area contributed by atoms with Gasteiger partial charge in [0, 0.05) is 36.3 Å². The molecule has 0 unspecified atom stereocenters. The Balaban J connectivity index is 1.39. The van der Waals surface area contributed by atoms with Gasteiger partial charge in [-0.25, -0.2) is 4.98 Å². The van der Waals surface area contributed by atoms with E-state index in [2.05, 4.69) is 25.3 Å². The van der Waals surface area contributed by atoms with Crippen LogP contribution in [0.4, 0.5) is 11.5 Å². The number of nitrogen functional groups attached to an aromatic ring is 1. The molecule has 1 fully saturated rings. The second kappa shape index (κ2) is 8.34. The molecule has 2 heterocycles. The third-order valence-corrected chi connectivity index (χ3v) is 4.95. The third kappa shape index (κ3) is 4.39. The highest BCUT2D eigenvalue weighted by atomic mass is 16.5. The molecule has 0 radical (unpaired) electrons. The number of nitrogens with zero attached hydrogens (tertiary/aromatic N) is 4. The average molecular weight is 396 g/mol. The van der Waals surface area contributed by atoms with Crippen LogP contribution in [-0.2, 0) is 0 Å². The Morgan fingerprint density at radius 2 is 1.76 bits per heavy atom. The quantitative estimate of drug-likeness (QED) is 0.606. The first-order valence-electron chi connectivity index (χ1n) is 9.55. The fraction of sp³-hybridized carbons (Fsp3) is 0.400. The molecule has 0 spiro atoms. The van der Waals surface area contributed by atoms with E-state index in [0.717, 1.165) is 36.7 Å². The van der Waals surface area contributed by atoms with Crippen LogP contribution in [0.1, 0.15) is 25.7 Å². The van der Waals surface area contributed by atoms with E-state index in [9.17, 15) is 0 Å². The molecule has 3 N–H and O–H groups in total. The molecular weight excluding hydrogens is 372 g/mol. The average Bonchev–Trinajstić information content (AvgIpc) is 2.74. The fourth-order valence-electron chi connectivity index (χ4n) is 3.54. The van der Waals surface area contributed by atoms with E-state index in [-0.39, 0.29) is 18.2 Å². The Morgan fingerprint density at radius 1 is 0.966 bits per heavy atom. The molecule has 1 aliphatic carbocycles. The number of rotatable bonds is 6. The molecule has 2 aromatic heterocycles. The van der Waals surface area contributed by atoms with E-state index in [1.165, 1.54) is 7.11 Å². The zero-order valence-electron chi connectivity index (χ0n) is 16.5. The van der Waals surface area contributed by atoms with Crippen molar-refractivity contribution < 1.29 is 14.2 Å². The lowest BCUT2D eigenvalue weighted by Gasteiger charge is -2.30. The van der Waals surface area contributed by atoms with Crippen molar-refractivity contribution in [2.75, 3.05) is 25.3 Å². The number of nitrogens with one attached hydrogen (secondary N) is 1. The molecule has 1 aliphatic rings.